The Morgan fingerprint density at radius 1 is 1.00 bits per heavy atom. The minimum absolute atomic E-state index is 0.176. The summed E-state index contributed by atoms with van der Waals surface area (Å²) in [4.78, 5) is 24.6. The lowest BCUT2D eigenvalue weighted by atomic mass is 10.1. The van der Waals surface area contributed by atoms with Gasteiger partial charge in [0.05, 0.1) is 37.6 Å². The topological polar surface area (TPSA) is 73.3 Å². The fraction of sp³-hybridized carbons (Fsp3) is 0.174. The van der Waals surface area contributed by atoms with Crippen LogP contribution < -0.4 is 19.1 Å². The SMILES string of the molecule is COc1ccc(/C=C2\S/C(=N/c3nc(C)cs3)N(c3ccccc3)C2=O)c(OC)c1OC. The van der Waals surface area contributed by atoms with E-state index in [2.05, 4.69) is 9.98 Å². The number of nitrogens with zero attached hydrogens (tertiary/aromatic N) is 3. The number of aryl methyl sites for hydroxylation is 1. The summed E-state index contributed by atoms with van der Waals surface area (Å²) >= 11 is 2.73. The molecule has 164 valence electrons. The molecular weight excluding hydrogens is 446 g/mol. The van der Waals surface area contributed by atoms with Crippen LogP contribution in [0.4, 0.5) is 10.8 Å². The molecule has 2 aromatic carbocycles. The number of para-hydroxylation sites is 1. The van der Waals surface area contributed by atoms with Gasteiger partial charge in [0.2, 0.25) is 10.9 Å². The van der Waals surface area contributed by atoms with E-state index in [-0.39, 0.29) is 5.91 Å². The minimum Gasteiger partial charge on any atom is -0.493 e. The summed E-state index contributed by atoms with van der Waals surface area (Å²) in [5, 5.41) is 3.07. The highest BCUT2D eigenvalue weighted by Crippen LogP contribution is 2.43. The zero-order valence-corrected chi connectivity index (χ0v) is 19.6. The number of thioether (sulfide) groups is 1. The van der Waals surface area contributed by atoms with E-state index < -0.39 is 0 Å². The fourth-order valence-corrected chi connectivity index (χ4v) is 4.90. The van der Waals surface area contributed by atoms with Crippen LogP contribution >= 0.6 is 23.1 Å². The minimum atomic E-state index is -0.176. The van der Waals surface area contributed by atoms with Gasteiger partial charge in [0.25, 0.3) is 5.91 Å². The average molecular weight is 468 g/mol. The van der Waals surface area contributed by atoms with Crippen molar-refractivity contribution in [1.29, 1.82) is 0 Å². The van der Waals surface area contributed by atoms with Gasteiger partial charge in [0, 0.05) is 10.9 Å². The number of aromatic nitrogens is 1. The molecule has 32 heavy (non-hydrogen) atoms. The van der Waals surface area contributed by atoms with E-state index in [1.807, 2.05) is 48.7 Å². The second-order valence-electron chi connectivity index (χ2n) is 6.68. The number of rotatable bonds is 6. The average Bonchev–Trinajstić information content (AvgIpc) is 3.36. The first-order valence-electron chi connectivity index (χ1n) is 9.64. The molecule has 1 saturated heterocycles. The lowest BCUT2D eigenvalue weighted by Crippen LogP contribution is -2.28. The van der Waals surface area contributed by atoms with Crippen LogP contribution in [0.15, 0.2) is 57.7 Å². The lowest BCUT2D eigenvalue weighted by molar-refractivity contribution is -0.113. The Hall–Kier alpha value is -3.30. The van der Waals surface area contributed by atoms with Gasteiger partial charge in [-0.3, -0.25) is 9.69 Å². The molecule has 0 radical (unpaired) electrons. The Morgan fingerprint density at radius 2 is 1.75 bits per heavy atom. The van der Waals surface area contributed by atoms with Gasteiger partial charge >= 0.3 is 0 Å². The summed E-state index contributed by atoms with van der Waals surface area (Å²) in [6, 6.07) is 13.0. The van der Waals surface area contributed by atoms with Gasteiger partial charge in [0.1, 0.15) is 0 Å². The highest BCUT2D eigenvalue weighted by atomic mass is 32.2. The van der Waals surface area contributed by atoms with Crippen molar-refractivity contribution in [2.24, 2.45) is 4.99 Å². The van der Waals surface area contributed by atoms with E-state index in [1.165, 1.54) is 23.1 Å². The zero-order valence-electron chi connectivity index (χ0n) is 18.0. The third kappa shape index (κ3) is 4.21. The van der Waals surface area contributed by atoms with Crippen LogP contribution in [0.3, 0.4) is 0 Å². The van der Waals surface area contributed by atoms with Gasteiger partial charge in [-0.25, -0.2) is 4.98 Å². The first-order chi connectivity index (χ1) is 15.5. The van der Waals surface area contributed by atoms with Crippen LogP contribution in [0, 0.1) is 6.92 Å². The molecule has 1 aliphatic rings. The van der Waals surface area contributed by atoms with Gasteiger partial charge in [-0.1, -0.05) is 18.2 Å². The van der Waals surface area contributed by atoms with Crippen LogP contribution in [-0.2, 0) is 4.79 Å². The van der Waals surface area contributed by atoms with Crippen molar-refractivity contribution in [1.82, 2.24) is 4.98 Å². The number of anilines is 1. The molecule has 1 aromatic heterocycles. The summed E-state index contributed by atoms with van der Waals surface area (Å²) in [6.45, 7) is 1.91. The maximum atomic E-state index is 13.4. The van der Waals surface area contributed by atoms with E-state index in [9.17, 15) is 4.79 Å². The summed E-state index contributed by atoms with van der Waals surface area (Å²) < 4.78 is 16.4. The highest BCUT2D eigenvalue weighted by Gasteiger charge is 2.35. The zero-order chi connectivity index (χ0) is 22.7. The van der Waals surface area contributed by atoms with Crippen LogP contribution in [0.5, 0.6) is 17.2 Å². The number of carbonyl (C=O) groups is 1. The molecule has 0 spiro atoms. The number of amides is 1. The van der Waals surface area contributed by atoms with Crippen LogP contribution in [-0.4, -0.2) is 37.4 Å². The van der Waals surface area contributed by atoms with Gasteiger partial charge < -0.3 is 14.2 Å². The van der Waals surface area contributed by atoms with Crippen molar-refractivity contribution in [2.75, 3.05) is 26.2 Å². The number of aliphatic imine (C=N–C) groups is 1. The Kier molecular flexibility index (Phi) is 6.48. The molecule has 9 heteroatoms. The van der Waals surface area contributed by atoms with Gasteiger partial charge in [0.15, 0.2) is 16.7 Å². The smallest absolute Gasteiger partial charge is 0.271 e. The number of amidine groups is 1. The molecule has 0 unspecified atom stereocenters. The molecule has 0 atom stereocenters. The van der Waals surface area contributed by atoms with E-state index in [0.29, 0.717) is 38.0 Å². The van der Waals surface area contributed by atoms with Crippen molar-refractivity contribution >= 4 is 51.1 Å². The van der Waals surface area contributed by atoms with Gasteiger partial charge in [-0.2, -0.15) is 4.99 Å². The Balaban J connectivity index is 1.80. The summed E-state index contributed by atoms with van der Waals surface area (Å²) in [5.41, 5.74) is 2.32. The molecule has 0 N–H and O–H groups in total. The molecule has 0 bridgehead atoms. The number of ether oxygens (including phenoxy) is 3. The predicted molar refractivity (Wildman–Crippen MR) is 130 cm³/mol. The molecule has 0 aliphatic carbocycles. The van der Waals surface area contributed by atoms with Gasteiger partial charge in [-0.05, 0) is 49.0 Å². The van der Waals surface area contributed by atoms with Crippen molar-refractivity contribution in [3.8, 4) is 17.2 Å². The molecule has 1 amide bonds. The van der Waals surface area contributed by atoms with Crippen molar-refractivity contribution in [3.63, 3.8) is 0 Å². The van der Waals surface area contributed by atoms with E-state index in [4.69, 9.17) is 14.2 Å². The van der Waals surface area contributed by atoms with Crippen molar-refractivity contribution in [2.45, 2.75) is 6.92 Å². The Labute approximate surface area is 194 Å². The Bertz CT molecular complexity index is 1210. The third-order valence-corrected chi connectivity index (χ3v) is 6.46. The summed E-state index contributed by atoms with van der Waals surface area (Å²) in [6.07, 6.45) is 1.78. The van der Waals surface area contributed by atoms with Crippen LogP contribution in [0.2, 0.25) is 0 Å². The number of carbonyl (C=O) groups excluding carboxylic acids is 1. The largest absolute Gasteiger partial charge is 0.493 e. The molecule has 7 nitrogen and oxygen atoms in total. The summed E-state index contributed by atoms with van der Waals surface area (Å²) in [7, 11) is 4.66. The second kappa shape index (κ2) is 9.46. The van der Waals surface area contributed by atoms with Crippen LogP contribution in [0.1, 0.15) is 11.3 Å². The number of thiazole rings is 1. The maximum absolute atomic E-state index is 13.4. The molecule has 0 saturated carbocycles. The number of methoxy groups -OCH3 is 3. The molecule has 1 fully saturated rings. The van der Waals surface area contributed by atoms with Gasteiger partial charge in [-0.15, -0.1) is 11.3 Å². The number of hydrogen-bond donors (Lipinski definition) is 0. The number of benzene rings is 2. The normalized spacial score (nSPS) is 16.1. The van der Waals surface area contributed by atoms with Crippen molar-refractivity contribution < 1.29 is 19.0 Å². The quantitative estimate of drug-likeness (QED) is 0.459. The number of hydrogen-bond acceptors (Lipinski definition) is 8. The van der Waals surface area contributed by atoms with E-state index in [0.717, 1.165) is 11.4 Å². The molecule has 3 aromatic rings. The maximum Gasteiger partial charge on any atom is 0.271 e. The van der Waals surface area contributed by atoms with Crippen LogP contribution in [0.25, 0.3) is 6.08 Å². The molecule has 1 aliphatic heterocycles. The molecule has 2 heterocycles. The molecular formula is C23H21N3O4S2. The standard InChI is InChI=1S/C23H21N3O4S2/c1-14-13-31-22(24-14)25-23-26(16-8-6-5-7-9-16)21(27)18(32-23)12-15-10-11-17(28-2)20(30-4)19(15)29-3/h5-13H,1-4H3/b18-12-,25-23+. The highest BCUT2D eigenvalue weighted by molar-refractivity contribution is 8.19. The predicted octanol–water partition coefficient (Wildman–Crippen LogP) is 5.29. The first kappa shape index (κ1) is 21.9. The second-order valence-corrected chi connectivity index (χ2v) is 8.52. The monoisotopic (exact) mass is 467 g/mol. The Morgan fingerprint density at radius 3 is 2.38 bits per heavy atom. The molecule has 4 rings (SSSR count). The fourth-order valence-electron chi connectivity index (χ4n) is 3.21. The van der Waals surface area contributed by atoms with E-state index in [1.54, 1.807) is 38.4 Å². The van der Waals surface area contributed by atoms with Crippen molar-refractivity contribution in [3.05, 3.63) is 64.0 Å². The van der Waals surface area contributed by atoms with E-state index >= 15 is 0 Å². The lowest BCUT2D eigenvalue weighted by Gasteiger charge is -2.15. The first-order valence-corrected chi connectivity index (χ1v) is 11.3. The summed E-state index contributed by atoms with van der Waals surface area (Å²) in [5.74, 6) is 1.32. The third-order valence-electron chi connectivity index (χ3n) is 4.64.